The molecule has 0 N–H and O–H groups in total. The maximum Gasteiger partial charge on any atom is 0.252 e. The molecule has 3 aliphatic heterocycles. The van der Waals surface area contributed by atoms with Crippen LogP contribution in [-0.2, 0) is 16.2 Å². The number of benzene rings is 7. The van der Waals surface area contributed by atoms with Gasteiger partial charge in [0.1, 0.15) is 0 Å². The molecule has 1 aromatic heterocycles. The Kier molecular flexibility index (Phi) is 8.47. The van der Waals surface area contributed by atoms with E-state index in [1.807, 2.05) is 11.3 Å². The van der Waals surface area contributed by atoms with Gasteiger partial charge in [0, 0.05) is 60.7 Å². The summed E-state index contributed by atoms with van der Waals surface area (Å²) in [6.07, 6.45) is 4.92. The van der Waals surface area contributed by atoms with E-state index in [4.69, 9.17) is 0 Å². The predicted octanol–water partition coefficient (Wildman–Crippen LogP) is 14.8. The summed E-state index contributed by atoms with van der Waals surface area (Å²) in [5.74, 6) is 0. The van der Waals surface area contributed by atoms with Crippen molar-refractivity contribution < 1.29 is 0 Å². The molecule has 7 aromatic carbocycles. The first-order valence-electron chi connectivity index (χ1n) is 23.6. The molecule has 1 saturated carbocycles. The number of hydrogen-bond acceptors (Lipinski definition) is 4. The van der Waals surface area contributed by atoms with Crippen molar-refractivity contribution in [2.24, 2.45) is 0 Å². The van der Waals surface area contributed by atoms with Gasteiger partial charge >= 0.3 is 0 Å². The Labute approximate surface area is 384 Å². The van der Waals surface area contributed by atoms with Crippen LogP contribution < -0.4 is 31.1 Å². The first-order valence-corrected chi connectivity index (χ1v) is 24.4. The molecule has 4 heterocycles. The molecule has 1 aliphatic carbocycles. The molecule has 0 bridgehead atoms. The van der Waals surface area contributed by atoms with Crippen LogP contribution in [0.3, 0.4) is 0 Å². The molecule has 5 heteroatoms. The van der Waals surface area contributed by atoms with E-state index in [-0.39, 0.29) is 28.5 Å². The molecule has 0 radical (unpaired) electrons. The average molecular weight is 852 g/mol. The van der Waals surface area contributed by atoms with Crippen LogP contribution in [0.25, 0.3) is 20.2 Å². The molecule has 1 fully saturated rings. The van der Waals surface area contributed by atoms with Gasteiger partial charge in [0.2, 0.25) is 0 Å². The lowest BCUT2D eigenvalue weighted by Gasteiger charge is -2.50. The Morgan fingerprint density at radius 2 is 1.17 bits per heavy atom. The second kappa shape index (κ2) is 13.6. The first kappa shape index (κ1) is 39.8. The Morgan fingerprint density at radius 3 is 1.97 bits per heavy atom. The molecule has 12 rings (SSSR count). The lowest BCUT2D eigenvalue weighted by Crippen LogP contribution is -2.61. The number of hydrogen-bond donors (Lipinski definition) is 0. The third-order valence-corrected chi connectivity index (χ3v) is 17.1. The van der Waals surface area contributed by atoms with Crippen molar-refractivity contribution in [3.05, 3.63) is 162 Å². The molecule has 0 amide bonds. The predicted molar refractivity (Wildman–Crippen MR) is 278 cm³/mol. The highest BCUT2D eigenvalue weighted by Crippen LogP contribution is 2.61. The van der Waals surface area contributed by atoms with Gasteiger partial charge in [-0.25, -0.2) is 0 Å². The topological polar surface area (TPSA) is 9.72 Å². The second-order valence-corrected chi connectivity index (χ2v) is 22.9. The van der Waals surface area contributed by atoms with Crippen LogP contribution in [0, 0.1) is 6.92 Å². The summed E-state index contributed by atoms with van der Waals surface area (Å²) in [5, 5.41) is 2.65. The SMILES string of the molecule is Cc1cc2c3c(c1)N(c1cccc4c1sc1ccccc14)c1cc(C(C)(C)C)ccc1B3c1ccc(N3c4ccccc4C4(C)CCCCC34C)cc1N2c1cccc(C(C)(C)C)c1. The zero-order valence-electron chi connectivity index (χ0n) is 38.9. The highest BCUT2D eigenvalue weighted by atomic mass is 32.1. The Morgan fingerprint density at radius 1 is 0.531 bits per heavy atom. The number of anilines is 8. The fraction of sp³-hybridized carbons (Fsp3) is 0.288. The fourth-order valence-corrected chi connectivity index (χ4v) is 13.6. The first-order chi connectivity index (χ1) is 30.7. The highest BCUT2D eigenvalue weighted by Gasteiger charge is 2.57. The summed E-state index contributed by atoms with van der Waals surface area (Å²) in [4.78, 5) is 8.02. The molecule has 2 unspecified atom stereocenters. The van der Waals surface area contributed by atoms with Gasteiger partial charge in [-0.1, -0.05) is 140 Å². The Hall–Kier alpha value is -5.78. The number of nitrogens with zero attached hydrogens (tertiary/aromatic N) is 3. The van der Waals surface area contributed by atoms with E-state index in [0.29, 0.717) is 0 Å². The van der Waals surface area contributed by atoms with E-state index < -0.39 is 0 Å². The monoisotopic (exact) mass is 851 g/mol. The van der Waals surface area contributed by atoms with Crippen LogP contribution in [0.15, 0.2) is 140 Å². The largest absolute Gasteiger partial charge is 0.334 e. The van der Waals surface area contributed by atoms with Gasteiger partial charge in [-0.2, -0.15) is 0 Å². The second-order valence-electron chi connectivity index (χ2n) is 21.8. The van der Waals surface area contributed by atoms with Gasteiger partial charge in [0.15, 0.2) is 0 Å². The zero-order chi connectivity index (χ0) is 44.1. The van der Waals surface area contributed by atoms with E-state index in [9.17, 15) is 0 Å². The number of rotatable bonds is 3. The quantitative estimate of drug-likeness (QED) is 0.164. The van der Waals surface area contributed by atoms with Crippen molar-refractivity contribution in [1.29, 1.82) is 0 Å². The van der Waals surface area contributed by atoms with Crippen LogP contribution in [0.1, 0.15) is 103 Å². The van der Waals surface area contributed by atoms with Crippen molar-refractivity contribution in [2.45, 2.75) is 110 Å². The maximum atomic E-state index is 2.75. The van der Waals surface area contributed by atoms with E-state index >= 15 is 0 Å². The van der Waals surface area contributed by atoms with Gasteiger partial charge in [0.05, 0.1) is 15.9 Å². The Balaban J connectivity index is 1.16. The third-order valence-electron chi connectivity index (χ3n) is 15.9. The van der Waals surface area contributed by atoms with Gasteiger partial charge in [-0.3, -0.25) is 0 Å². The molecule has 318 valence electrons. The molecule has 0 saturated heterocycles. The van der Waals surface area contributed by atoms with Gasteiger partial charge < -0.3 is 14.7 Å². The molecule has 0 spiro atoms. The molecule has 3 nitrogen and oxygen atoms in total. The number of aryl methyl sites for hydroxylation is 1. The van der Waals surface area contributed by atoms with Gasteiger partial charge in [0.25, 0.3) is 6.71 Å². The molecule has 64 heavy (non-hydrogen) atoms. The van der Waals surface area contributed by atoms with Gasteiger partial charge in [-0.15, -0.1) is 11.3 Å². The third kappa shape index (κ3) is 5.52. The van der Waals surface area contributed by atoms with Crippen molar-refractivity contribution >= 4 is 100 Å². The molecule has 4 aliphatic rings. The summed E-state index contributed by atoms with van der Waals surface area (Å²) in [7, 11) is 0. The lowest BCUT2D eigenvalue weighted by atomic mass is 9.33. The summed E-state index contributed by atoms with van der Waals surface area (Å²) in [6, 6.07) is 54.4. The average Bonchev–Trinajstić information content (AvgIpc) is 3.75. The van der Waals surface area contributed by atoms with Crippen molar-refractivity contribution in [3.8, 4) is 0 Å². The van der Waals surface area contributed by atoms with Crippen molar-refractivity contribution in [2.75, 3.05) is 14.7 Å². The van der Waals surface area contributed by atoms with E-state index in [0.717, 1.165) is 0 Å². The summed E-state index contributed by atoms with van der Waals surface area (Å²) < 4.78 is 2.65. The van der Waals surface area contributed by atoms with Crippen LogP contribution >= 0.6 is 11.3 Å². The van der Waals surface area contributed by atoms with Crippen LogP contribution in [0.4, 0.5) is 45.5 Å². The molecule has 2 atom stereocenters. The minimum atomic E-state index is -0.0363. The maximum absolute atomic E-state index is 2.75. The zero-order valence-corrected chi connectivity index (χ0v) is 39.8. The molecular formula is C59H58BN3S. The summed E-state index contributed by atoms with van der Waals surface area (Å²) in [6.45, 7) is 21.5. The Bertz CT molecular complexity index is 3240. The van der Waals surface area contributed by atoms with E-state index in [1.54, 1.807) is 0 Å². The number of thiophene rings is 1. The van der Waals surface area contributed by atoms with Crippen molar-refractivity contribution in [3.63, 3.8) is 0 Å². The number of fused-ring (bicyclic) bond motifs is 10. The number of para-hydroxylation sites is 1. The standard InChI is InChI=1S/C59H58BN3S/c1-37-32-51-54-52(33-37)62(48-24-17-21-43-42-20-10-13-25-53(42)64-55(43)48)49-35-39(57(5,6)7)26-28-45(49)60(54)46-29-27-41(36-50(46)61(51)40-19-16-18-38(34-40)56(2,3)4)63-47-23-12-11-22-44(47)58(8)30-14-15-31-59(58,63)9/h10-13,16-29,32-36H,14-15,30-31H2,1-9H3. The smallest absolute Gasteiger partial charge is 0.252 e. The fourth-order valence-electron chi connectivity index (χ4n) is 12.4. The highest BCUT2D eigenvalue weighted by molar-refractivity contribution is 7.26. The minimum absolute atomic E-state index is 0.00618. The van der Waals surface area contributed by atoms with Crippen molar-refractivity contribution in [1.82, 2.24) is 0 Å². The summed E-state index contributed by atoms with van der Waals surface area (Å²) >= 11 is 1.92. The van der Waals surface area contributed by atoms with Gasteiger partial charge in [-0.05, 0) is 137 Å². The van der Waals surface area contributed by atoms with Crippen LogP contribution in [0.5, 0.6) is 0 Å². The lowest BCUT2D eigenvalue weighted by molar-refractivity contribution is 0.195. The van der Waals surface area contributed by atoms with E-state index in [2.05, 4.69) is 217 Å². The van der Waals surface area contributed by atoms with E-state index in [1.165, 1.54) is 130 Å². The normalized spacial score (nSPS) is 20.0. The van der Waals surface area contributed by atoms with Crippen LogP contribution in [0.2, 0.25) is 0 Å². The molecular weight excluding hydrogens is 794 g/mol. The minimum Gasteiger partial charge on any atom is -0.334 e. The van der Waals surface area contributed by atoms with Crippen LogP contribution in [-0.4, -0.2) is 12.3 Å². The molecule has 8 aromatic rings. The summed E-state index contributed by atoms with van der Waals surface area (Å²) in [5.41, 5.74) is 19.7.